The first kappa shape index (κ1) is 20.2. The third-order valence-electron chi connectivity index (χ3n) is 2.00. The van der Waals surface area contributed by atoms with Gasteiger partial charge in [-0.15, -0.1) is 0 Å². The molecular weight excluding hydrogens is 397 g/mol. The van der Waals surface area contributed by atoms with Gasteiger partial charge in [0.25, 0.3) is 0 Å². The first-order valence-corrected chi connectivity index (χ1v) is 9.65. The van der Waals surface area contributed by atoms with Crippen LogP contribution in [0, 0.1) is 0 Å². The van der Waals surface area contributed by atoms with Gasteiger partial charge in [0.2, 0.25) is 0 Å². The third-order valence-corrected chi connectivity index (χ3v) is 3.02. The minimum atomic E-state index is -0.474. The number of ether oxygens (including phenoxy) is 3. The Labute approximate surface area is 137 Å². The van der Waals surface area contributed by atoms with Gasteiger partial charge in [-0.05, 0) is 20.8 Å². The molecule has 1 amide bonds. The van der Waals surface area contributed by atoms with Crippen molar-refractivity contribution in [1.29, 1.82) is 0 Å². The molecule has 0 aliphatic carbocycles. The van der Waals surface area contributed by atoms with E-state index in [2.05, 4.69) is 21.2 Å². The number of halogens is 1. The Balaban J connectivity index is 3.44. The fourth-order valence-electron chi connectivity index (χ4n) is 1.08. The summed E-state index contributed by atoms with van der Waals surface area (Å²) in [5.74, 6) is 0. The number of nitrogens with zero attached hydrogens (tertiary/aromatic N) is 1. The van der Waals surface area contributed by atoms with Gasteiger partial charge in [0.15, 0.2) is 0 Å². The Kier molecular flexibility index (Phi) is 12.0. The molecule has 0 rings (SSSR count). The van der Waals surface area contributed by atoms with Crippen molar-refractivity contribution in [3.63, 3.8) is 0 Å². The highest BCUT2D eigenvalue weighted by Gasteiger charge is 2.19. The zero-order valence-electron chi connectivity index (χ0n) is 12.5. The Bertz CT molecular complexity index is 263. The maximum atomic E-state index is 11.6. The first-order valence-electron chi connectivity index (χ1n) is 6.36. The van der Waals surface area contributed by atoms with Crippen molar-refractivity contribution in [2.45, 2.75) is 26.4 Å². The molecule has 0 aromatic heterocycles. The van der Waals surface area contributed by atoms with Gasteiger partial charge in [-0.3, -0.25) is 0 Å². The predicted molar refractivity (Wildman–Crippen MR) is 88.1 cm³/mol. The quantitative estimate of drug-likeness (QED) is 0.307. The summed E-state index contributed by atoms with van der Waals surface area (Å²) in [4.78, 5) is 13.1. The molecule has 0 N–H and O–H groups in total. The van der Waals surface area contributed by atoms with Crippen LogP contribution < -0.4 is 0 Å². The molecule has 0 saturated carbocycles. The monoisotopic (exact) mass is 421 g/mol. The summed E-state index contributed by atoms with van der Waals surface area (Å²) >= 11 is 2.06. The molecular formula is C12H24INO5S. The molecule has 0 aliphatic rings. The summed E-state index contributed by atoms with van der Waals surface area (Å²) < 4.78 is 20.9. The summed E-state index contributed by atoms with van der Waals surface area (Å²) in [7, 11) is 2.98. The molecule has 120 valence electrons. The molecule has 0 aromatic rings. The van der Waals surface area contributed by atoms with Crippen LogP contribution in [-0.2, 0) is 18.4 Å². The van der Waals surface area contributed by atoms with E-state index in [1.165, 1.54) is 14.1 Å². The van der Waals surface area contributed by atoms with Crippen molar-refractivity contribution in [2.24, 2.45) is 0 Å². The number of amides is 1. The summed E-state index contributed by atoms with van der Waals surface area (Å²) in [5.41, 5.74) is -0.474. The topological polar surface area (TPSA) is 57.2 Å². The highest BCUT2D eigenvalue weighted by Crippen LogP contribution is 2.11. The van der Waals surface area contributed by atoms with E-state index < -0.39 is 5.60 Å². The van der Waals surface area contributed by atoms with Gasteiger partial charge in [-0.1, -0.05) is 0 Å². The molecule has 0 aromatic carbocycles. The molecule has 0 fully saturated rings. The highest BCUT2D eigenvalue weighted by atomic mass is 127. The van der Waals surface area contributed by atoms with Crippen LogP contribution in [0.5, 0.6) is 0 Å². The van der Waals surface area contributed by atoms with Gasteiger partial charge in [0.1, 0.15) is 5.60 Å². The maximum absolute atomic E-state index is 11.6. The van der Waals surface area contributed by atoms with Crippen LogP contribution in [0.2, 0.25) is 0 Å². The summed E-state index contributed by atoms with van der Waals surface area (Å²) in [6.45, 7) is 8.60. The van der Waals surface area contributed by atoms with Gasteiger partial charge in [-0.2, -0.15) is 0 Å². The van der Waals surface area contributed by atoms with Crippen LogP contribution in [0.25, 0.3) is 0 Å². The van der Waals surface area contributed by atoms with E-state index in [4.69, 9.17) is 18.4 Å². The molecule has 0 spiro atoms. The Hall–Kier alpha value is 0.230. The SMILES string of the molecule is CN(CCOCCOCCOSI)C(=O)OC(C)(C)C. The lowest BCUT2D eigenvalue weighted by atomic mass is 10.2. The number of carbonyl (C=O) groups excluding carboxylic acids is 1. The van der Waals surface area contributed by atoms with E-state index in [-0.39, 0.29) is 6.09 Å². The molecule has 0 saturated heterocycles. The fraction of sp³-hybridized carbons (Fsp3) is 0.917. The van der Waals surface area contributed by atoms with E-state index in [1.807, 2.05) is 20.8 Å². The number of hydrogen-bond donors (Lipinski definition) is 0. The second-order valence-electron chi connectivity index (χ2n) is 5.01. The third kappa shape index (κ3) is 13.2. The summed E-state index contributed by atoms with van der Waals surface area (Å²) in [6, 6.07) is 0. The number of rotatable bonds is 10. The van der Waals surface area contributed by atoms with Crippen molar-refractivity contribution in [2.75, 3.05) is 46.6 Å². The van der Waals surface area contributed by atoms with Gasteiger partial charge in [-0.25, -0.2) is 4.79 Å². The van der Waals surface area contributed by atoms with Crippen LogP contribution in [0.3, 0.4) is 0 Å². The van der Waals surface area contributed by atoms with E-state index in [0.29, 0.717) is 39.6 Å². The molecule has 6 nitrogen and oxygen atoms in total. The van der Waals surface area contributed by atoms with E-state index >= 15 is 0 Å². The largest absolute Gasteiger partial charge is 0.444 e. The number of hydrogen-bond acceptors (Lipinski definition) is 6. The van der Waals surface area contributed by atoms with Crippen molar-refractivity contribution < 1.29 is 23.2 Å². The minimum Gasteiger partial charge on any atom is -0.444 e. The zero-order valence-corrected chi connectivity index (χ0v) is 15.5. The van der Waals surface area contributed by atoms with Gasteiger partial charge in [0, 0.05) is 34.8 Å². The van der Waals surface area contributed by atoms with Crippen LogP contribution >= 0.6 is 30.4 Å². The van der Waals surface area contributed by atoms with Crippen molar-refractivity contribution in [3.05, 3.63) is 0 Å². The molecule has 0 bridgehead atoms. The smallest absolute Gasteiger partial charge is 0.410 e. The molecule has 8 heteroatoms. The number of carbonyl (C=O) groups is 1. The zero-order chi connectivity index (χ0) is 15.4. The van der Waals surface area contributed by atoms with E-state index in [0.717, 1.165) is 0 Å². The second-order valence-corrected chi connectivity index (χ2v) is 6.45. The normalized spacial score (nSPS) is 11.4. The van der Waals surface area contributed by atoms with Gasteiger partial charge >= 0.3 is 6.09 Å². The molecule has 0 atom stereocenters. The van der Waals surface area contributed by atoms with Crippen LogP contribution in [-0.4, -0.2) is 63.2 Å². The van der Waals surface area contributed by atoms with Crippen LogP contribution in [0.15, 0.2) is 0 Å². The lowest BCUT2D eigenvalue weighted by Gasteiger charge is -2.24. The summed E-state index contributed by atoms with van der Waals surface area (Å²) in [5, 5.41) is 0. The average molecular weight is 421 g/mol. The van der Waals surface area contributed by atoms with E-state index in [9.17, 15) is 4.79 Å². The van der Waals surface area contributed by atoms with Crippen molar-refractivity contribution in [1.82, 2.24) is 4.90 Å². The van der Waals surface area contributed by atoms with Gasteiger partial charge < -0.3 is 23.3 Å². The molecule has 0 unspecified atom stereocenters. The predicted octanol–water partition coefficient (Wildman–Crippen LogP) is 2.90. The Morgan fingerprint density at radius 3 is 2.20 bits per heavy atom. The molecule has 20 heavy (non-hydrogen) atoms. The summed E-state index contributed by atoms with van der Waals surface area (Å²) in [6.07, 6.45) is -0.342. The molecule has 0 radical (unpaired) electrons. The van der Waals surface area contributed by atoms with Crippen molar-refractivity contribution >= 4 is 36.5 Å². The highest BCUT2D eigenvalue weighted by molar-refractivity contribution is 14.2. The molecule has 0 aliphatic heterocycles. The molecule has 0 heterocycles. The first-order chi connectivity index (χ1) is 9.37. The lowest BCUT2D eigenvalue weighted by molar-refractivity contribution is 0.0140. The van der Waals surface area contributed by atoms with Crippen LogP contribution in [0.1, 0.15) is 20.8 Å². The fourth-order valence-corrected chi connectivity index (χ4v) is 1.75. The second kappa shape index (κ2) is 11.8. The standard InChI is InChI=1S/C12H24INO5S/c1-12(2,3)19-11(15)14(4)5-6-16-7-8-17-9-10-18-20-13/h5-10H2,1-4H3. The lowest BCUT2D eigenvalue weighted by Crippen LogP contribution is -2.36. The maximum Gasteiger partial charge on any atom is 0.410 e. The van der Waals surface area contributed by atoms with Gasteiger partial charge in [0.05, 0.1) is 42.2 Å². The Morgan fingerprint density at radius 2 is 1.65 bits per heavy atom. The van der Waals surface area contributed by atoms with Crippen molar-refractivity contribution in [3.8, 4) is 0 Å². The van der Waals surface area contributed by atoms with Crippen LogP contribution in [0.4, 0.5) is 4.79 Å². The average Bonchev–Trinajstić information content (AvgIpc) is 2.34. The minimum absolute atomic E-state index is 0.342. The number of likely N-dealkylation sites (N-methyl/N-ethyl adjacent to an activating group) is 1. The van der Waals surface area contributed by atoms with E-state index in [1.54, 1.807) is 7.05 Å². The Morgan fingerprint density at radius 1 is 1.10 bits per heavy atom.